The number of methoxy groups -OCH3 is 1. The average molecular weight is 440 g/mol. The number of rotatable bonds is 8. The van der Waals surface area contributed by atoms with E-state index in [1.807, 2.05) is 6.92 Å². The average Bonchev–Trinajstić information content (AvgIpc) is 3.01. The first-order valence-corrected chi connectivity index (χ1v) is 12.6. The molecule has 1 heterocycles. The molecule has 9 heteroatoms. The van der Waals surface area contributed by atoms with Crippen molar-refractivity contribution < 1.29 is 26.3 Å². The molecule has 1 fully saturated rings. The fourth-order valence-electron chi connectivity index (χ4n) is 3.30. The van der Waals surface area contributed by atoms with E-state index < -0.39 is 31.0 Å². The van der Waals surface area contributed by atoms with Crippen LogP contribution >= 0.6 is 0 Å². The van der Waals surface area contributed by atoms with Gasteiger partial charge in [0.2, 0.25) is 0 Å². The van der Waals surface area contributed by atoms with Crippen LogP contribution < -0.4 is 14.8 Å². The minimum atomic E-state index is -3.77. The summed E-state index contributed by atoms with van der Waals surface area (Å²) >= 11 is 0. The Hall–Kier alpha value is -2.10. The molecule has 2 aromatic rings. The lowest BCUT2D eigenvalue weighted by Gasteiger charge is -2.20. The summed E-state index contributed by atoms with van der Waals surface area (Å²) < 4.78 is 61.0. The summed E-state index contributed by atoms with van der Waals surface area (Å²) in [5.41, 5.74) is 0.938. The Labute approximate surface area is 171 Å². The molecule has 1 saturated heterocycles. The van der Waals surface area contributed by atoms with Crippen LogP contribution in [0.25, 0.3) is 0 Å². The molecule has 0 radical (unpaired) electrons. The standard InChI is InChI=1S/C20H25NO6S2/c1-15-3-9-18(10-4-15)29(24,25)20-14-28(22,23)13-19(20)21-11-12-27-17-7-5-16(26-2)6-8-17/h3-10,19-21H,11-14H2,1-2H3/t19-,20-/m1/s1. The van der Waals surface area contributed by atoms with Crippen molar-refractivity contribution in [2.24, 2.45) is 0 Å². The topological polar surface area (TPSA) is 98.8 Å². The van der Waals surface area contributed by atoms with Crippen molar-refractivity contribution in [2.45, 2.75) is 23.1 Å². The number of sulfone groups is 2. The van der Waals surface area contributed by atoms with Gasteiger partial charge in [0.15, 0.2) is 19.7 Å². The monoisotopic (exact) mass is 439 g/mol. The Morgan fingerprint density at radius 3 is 2.24 bits per heavy atom. The molecule has 2 aromatic carbocycles. The Balaban J connectivity index is 1.64. The van der Waals surface area contributed by atoms with E-state index in [-0.39, 0.29) is 23.0 Å². The van der Waals surface area contributed by atoms with Gasteiger partial charge in [-0.05, 0) is 43.3 Å². The zero-order valence-electron chi connectivity index (χ0n) is 16.4. The molecule has 0 aliphatic carbocycles. The quantitative estimate of drug-likeness (QED) is 0.624. The third-order valence-electron chi connectivity index (χ3n) is 4.89. The molecule has 158 valence electrons. The lowest BCUT2D eigenvalue weighted by atomic mass is 10.2. The van der Waals surface area contributed by atoms with Gasteiger partial charge in [-0.2, -0.15) is 0 Å². The molecule has 0 bridgehead atoms. The number of nitrogens with one attached hydrogen (secondary N) is 1. The predicted octanol–water partition coefficient (Wildman–Crippen LogP) is 1.61. The van der Waals surface area contributed by atoms with Crippen LogP contribution in [0.1, 0.15) is 5.56 Å². The lowest BCUT2D eigenvalue weighted by molar-refractivity contribution is 0.307. The minimum absolute atomic E-state index is 0.145. The van der Waals surface area contributed by atoms with Crippen LogP contribution in [0.15, 0.2) is 53.4 Å². The number of hydrogen-bond donors (Lipinski definition) is 1. The SMILES string of the molecule is COc1ccc(OCCN[C@@H]2CS(=O)(=O)C[C@H]2S(=O)(=O)c2ccc(C)cc2)cc1. The Bertz CT molecular complexity index is 1030. The molecule has 0 spiro atoms. The molecule has 1 aliphatic rings. The molecule has 2 atom stereocenters. The maximum atomic E-state index is 13.0. The van der Waals surface area contributed by atoms with E-state index in [2.05, 4.69) is 5.32 Å². The molecule has 0 amide bonds. The van der Waals surface area contributed by atoms with Crippen molar-refractivity contribution >= 4 is 19.7 Å². The summed E-state index contributed by atoms with van der Waals surface area (Å²) in [6.45, 7) is 2.47. The normalized spacial score (nSPS) is 21.0. The Morgan fingerprint density at radius 2 is 1.62 bits per heavy atom. The van der Waals surface area contributed by atoms with Crippen molar-refractivity contribution in [1.29, 1.82) is 0 Å². The highest BCUT2D eigenvalue weighted by atomic mass is 32.2. The number of hydrogen-bond acceptors (Lipinski definition) is 7. The maximum absolute atomic E-state index is 13.0. The molecule has 3 rings (SSSR count). The zero-order valence-corrected chi connectivity index (χ0v) is 18.0. The van der Waals surface area contributed by atoms with Crippen molar-refractivity contribution in [1.82, 2.24) is 5.32 Å². The summed E-state index contributed by atoms with van der Waals surface area (Å²) in [5.74, 6) is 0.789. The second-order valence-corrected chi connectivity index (χ2v) is 11.4. The highest BCUT2D eigenvalue weighted by Crippen LogP contribution is 2.26. The first-order chi connectivity index (χ1) is 13.7. The molecule has 0 unspecified atom stereocenters. The number of ether oxygens (including phenoxy) is 2. The van der Waals surface area contributed by atoms with Crippen molar-refractivity contribution in [2.75, 3.05) is 31.8 Å². The summed E-state index contributed by atoms with van der Waals surface area (Å²) in [6, 6.07) is 12.9. The van der Waals surface area contributed by atoms with E-state index in [0.29, 0.717) is 12.3 Å². The molecule has 29 heavy (non-hydrogen) atoms. The van der Waals surface area contributed by atoms with Crippen LogP contribution in [0.5, 0.6) is 11.5 Å². The van der Waals surface area contributed by atoms with Crippen molar-refractivity contribution in [3.8, 4) is 11.5 Å². The third-order valence-corrected chi connectivity index (χ3v) is 9.05. The van der Waals surface area contributed by atoms with Gasteiger partial charge in [-0.1, -0.05) is 17.7 Å². The lowest BCUT2D eigenvalue weighted by Crippen LogP contribution is -2.44. The van der Waals surface area contributed by atoms with Gasteiger partial charge in [0.05, 0.1) is 28.8 Å². The van der Waals surface area contributed by atoms with Crippen LogP contribution in [0.2, 0.25) is 0 Å². The van der Waals surface area contributed by atoms with Gasteiger partial charge < -0.3 is 14.8 Å². The Kier molecular flexibility index (Phi) is 6.50. The van der Waals surface area contributed by atoms with E-state index in [1.165, 1.54) is 12.1 Å². The van der Waals surface area contributed by atoms with Gasteiger partial charge in [0, 0.05) is 12.6 Å². The van der Waals surface area contributed by atoms with Crippen LogP contribution in [-0.2, 0) is 19.7 Å². The predicted molar refractivity (Wildman–Crippen MR) is 111 cm³/mol. The van der Waals surface area contributed by atoms with Gasteiger partial charge >= 0.3 is 0 Å². The molecule has 0 saturated carbocycles. The maximum Gasteiger partial charge on any atom is 0.183 e. The smallest absolute Gasteiger partial charge is 0.183 e. The van der Waals surface area contributed by atoms with Crippen molar-refractivity contribution in [3.05, 3.63) is 54.1 Å². The molecule has 1 N–H and O–H groups in total. The van der Waals surface area contributed by atoms with E-state index in [1.54, 1.807) is 43.5 Å². The third kappa shape index (κ3) is 5.29. The van der Waals surface area contributed by atoms with E-state index in [9.17, 15) is 16.8 Å². The zero-order chi connectivity index (χ0) is 21.1. The second kappa shape index (κ2) is 8.73. The van der Waals surface area contributed by atoms with Gasteiger partial charge in [0.25, 0.3) is 0 Å². The van der Waals surface area contributed by atoms with Gasteiger partial charge in [-0.25, -0.2) is 16.8 Å². The molecular formula is C20H25NO6S2. The Morgan fingerprint density at radius 1 is 1.00 bits per heavy atom. The van der Waals surface area contributed by atoms with Crippen LogP contribution in [-0.4, -0.2) is 59.9 Å². The molecule has 1 aliphatic heterocycles. The van der Waals surface area contributed by atoms with Crippen molar-refractivity contribution in [3.63, 3.8) is 0 Å². The van der Waals surface area contributed by atoms with Crippen LogP contribution in [0, 0.1) is 6.92 Å². The summed E-state index contributed by atoms with van der Waals surface area (Å²) in [5, 5.41) is 2.04. The van der Waals surface area contributed by atoms with Gasteiger partial charge in [-0.3, -0.25) is 0 Å². The largest absolute Gasteiger partial charge is 0.497 e. The summed E-state index contributed by atoms with van der Waals surface area (Å²) in [4.78, 5) is 0.145. The van der Waals surface area contributed by atoms with Gasteiger partial charge in [-0.15, -0.1) is 0 Å². The first kappa shape index (κ1) is 21.6. The number of aryl methyl sites for hydroxylation is 1. The minimum Gasteiger partial charge on any atom is -0.497 e. The van der Waals surface area contributed by atoms with E-state index in [4.69, 9.17) is 9.47 Å². The van der Waals surface area contributed by atoms with E-state index in [0.717, 1.165) is 11.3 Å². The van der Waals surface area contributed by atoms with E-state index >= 15 is 0 Å². The summed E-state index contributed by atoms with van der Waals surface area (Å²) in [6.07, 6.45) is 0. The van der Waals surface area contributed by atoms with Crippen LogP contribution in [0.3, 0.4) is 0 Å². The summed E-state index contributed by atoms with van der Waals surface area (Å²) in [7, 11) is -5.63. The molecule has 0 aromatic heterocycles. The highest BCUT2D eigenvalue weighted by molar-refractivity contribution is 7.96. The second-order valence-electron chi connectivity index (χ2n) is 7.06. The van der Waals surface area contributed by atoms with Gasteiger partial charge in [0.1, 0.15) is 18.1 Å². The molecular weight excluding hydrogens is 414 g/mol. The highest BCUT2D eigenvalue weighted by Gasteiger charge is 2.45. The van der Waals surface area contributed by atoms with Crippen LogP contribution in [0.4, 0.5) is 0 Å². The fraction of sp³-hybridized carbons (Fsp3) is 0.400. The fourth-order valence-corrected chi connectivity index (χ4v) is 8.02. The molecule has 7 nitrogen and oxygen atoms in total. The number of benzene rings is 2. The first-order valence-electron chi connectivity index (χ1n) is 9.22.